The third kappa shape index (κ3) is 2.44. The van der Waals surface area contributed by atoms with E-state index in [1.54, 1.807) is 30.0 Å². The summed E-state index contributed by atoms with van der Waals surface area (Å²) in [6.07, 6.45) is 0.718. The first kappa shape index (κ1) is 15.0. The van der Waals surface area contributed by atoms with Crippen LogP contribution in [-0.2, 0) is 21.2 Å². The smallest absolute Gasteiger partial charge is 0.243 e. The SMILES string of the molecule is C[C@@H](N)C(=O)N1CCc2ccc(S(=O)(=O)N(C)C)cc21. The number of nitrogens with two attached hydrogens (primary N) is 1. The molecule has 1 aromatic rings. The lowest BCUT2D eigenvalue weighted by atomic mass is 10.2. The van der Waals surface area contributed by atoms with Gasteiger partial charge in [-0.3, -0.25) is 4.79 Å². The highest BCUT2D eigenvalue weighted by atomic mass is 32.2. The van der Waals surface area contributed by atoms with E-state index in [0.29, 0.717) is 12.2 Å². The van der Waals surface area contributed by atoms with Crippen LogP contribution in [0.5, 0.6) is 0 Å². The predicted molar refractivity (Wildman–Crippen MR) is 77.0 cm³/mol. The van der Waals surface area contributed by atoms with E-state index in [4.69, 9.17) is 5.73 Å². The molecule has 110 valence electrons. The van der Waals surface area contributed by atoms with E-state index in [9.17, 15) is 13.2 Å². The molecule has 0 radical (unpaired) electrons. The molecular formula is C13H19N3O3S. The van der Waals surface area contributed by atoms with Gasteiger partial charge in [-0.05, 0) is 31.0 Å². The van der Waals surface area contributed by atoms with E-state index in [2.05, 4.69) is 0 Å². The first-order valence-corrected chi connectivity index (χ1v) is 7.81. The minimum Gasteiger partial charge on any atom is -0.320 e. The molecule has 20 heavy (non-hydrogen) atoms. The van der Waals surface area contributed by atoms with Crippen molar-refractivity contribution in [3.63, 3.8) is 0 Å². The third-order valence-electron chi connectivity index (χ3n) is 3.39. The molecule has 6 nitrogen and oxygen atoms in total. The van der Waals surface area contributed by atoms with Crippen LogP contribution in [0.3, 0.4) is 0 Å². The van der Waals surface area contributed by atoms with Gasteiger partial charge in [-0.2, -0.15) is 0 Å². The van der Waals surface area contributed by atoms with Gasteiger partial charge in [0.25, 0.3) is 0 Å². The van der Waals surface area contributed by atoms with Gasteiger partial charge in [-0.1, -0.05) is 6.07 Å². The summed E-state index contributed by atoms with van der Waals surface area (Å²) in [4.78, 5) is 13.8. The average molecular weight is 297 g/mol. The summed E-state index contributed by atoms with van der Waals surface area (Å²) >= 11 is 0. The lowest BCUT2D eigenvalue weighted by molar-refractivity contribution is -0.119. The normalized spacial score (nSPS) is 16.4. The van der Waals surface area contributed by atoms with Crippen LogP contribution in [0.2, 0.25) is 0 Å². The van der Waals surface area contributed by atoms with E-state index in [1.165, 1.54) is 14.1 Å². The number of carbonyl (C=O) groups is 1. The van der Waals surface area contributed by atoms with Crippen molar-refractivity contribution in [2.75, 3.05) is 25.5 Å². The van der Waals surface area contributed by atoms with Crippen molar-refractivity contribution in [2.45, 2.75) is 24.3 Å². The van der Waals surface area contributed by atoms with Crippen molar-refractivity contribution in [1.82, 2.24) is 4.31 Å². The lowest BCUT2D eigenvalue weighted by Gasteiger charge is -2.20. The summed E-state index contributed by atoms with van der Waals surface area (Å²) in [5, 5.41) is 0. The van der Waals surface area contributed by atoms with Crippen molar-refractivity contribution in [1.29, 1.82) is 0 Å². The van der Waals surface area contributed by atoms with Gasteiger partial charge in [-0.15, -0.1) is 0 Å². The first-order valence-electron chi connectivity index (χ1n) is 6.37. The Hall–Kier alpha value is -1.44. The third-order valence-corrected chi connectivity index (χ3v) is 5.20. The minimum absolute atomic E-state index is 0.186. The second-order valence-corrected chi connectivity index (χ2v) is 7.26. The molecule has 0 saturated carbocycles. The summed E-state index contributed by atoms with van der Waals surface area (Å²) in [5.41, 5.74) is 7.24. The second-order valence-electron chi connectivity index (χ2n) is 5.11. The summed E-state index contributed by atoms with van der Waals surface area (Å²) in [6.45, 7) is 2.17. The Morgan fingerprint density at radius 1 is 1.40 bits per heavy atom. The van der Waals surface area contributed by atoms with Gasteiger partial charge in [0.05, 0.1) is 10.9 Å². The Morgan fingerprint density at radius 2 is 2.05 bits per heavy atom. The number of amides is 1. The zero-order valence-electron chi connectivity index (χ0n) is 11.8. The van der Waals surface area contributed by atoms with Crippen LogP contribution in [0.1, 0.15) is 12.5 Å². The Balaban J connectivity index is 2.46. The van der Waals surface area contributed by atoms with Gasteiger partial charge in [0.15, 0.2) is 0 Å². The highest BCUT2D eigenvalue weighted by Gasteiger charge is 2.28. The van der Waals surface area contributed by atoms with Gasteiger partial charge in [0, 0.05) is 26.3 Å². The van der Waals surface area contributed by atoms with Crippen LogP contribution in [0.25, 0.3) is 0 Å². The molecule has 0 unspecified atom stereocenters. The maximum absolute atomic E-state index is 12.1. The zero-order chi connectivity index (χ0) is 15.1. The lowest BCUT2D eigenvalue weighted by Crippen LogP contribution is -2.41. The Kier molecular flexibility index (Phi) is 3.86. The highest BCUT2D eigenvalue weighted by molar-refractivity contribution is 7.89. The Labute approximate surface area is 119 Å². The molecule has 2 rings (SSSR count). The molecule has 1 heterocycles. The number of carbonyl (C=O) groups excluding carboxylic acids is 1. The number of anilines is 1. The largest absolute Gasteiger partial charge is 0.320 e. The molecule has 0 spiro atoms. The Bertz CT molecular complexity index is 638. The fraction of sp³-hybridized carbons (Fsp3) is 0.462. The second kappa shape index (κ2) is 5.16. The number of fused-ring (bicyclic) bond motifs is 1. The van der Waals surface area contributed by atoms with Crippen molar-refractivity contribution in [3.8, 4) is 0 Å². The quantitative estimate of drug-likeness (QED) is 0.862. The molecular weight excluding hydrogens is 278 g/mol. The van der Waals surface area contributed by atoms with E-state index in [1.807, 2.05) is 0 Å². The van der Waals surface area contributed by atoms with Crippen molar-refractivity contribution >= 4 is 21.6 Å². The molecule has 1 aromatic carbocycles. The van der Waals surface area contributed by atoms with Crippen LogP contribution in [0.15, 0.2) is 23.1 Å². The molecule has 7 heteroatoms. The molecule has 1 atom stereocenters. The van der Waals surface area contributed by atoms with Crippen molar-refractivity contribution in [2.24, 2.45) is 5.73 Å². The average Bonchev–Trinajstić information content (AvgIpc) is 2.80. The van der Waals surface area contributed by atoms with E-state index < -0.39 is 16.1 Å². The summed E-state index contributed by atoms with van der Waals surface area (Å²) in [7, 11) is -0.545. The fourth-order valence-corrected chi connectivity index (χ4v) is 3.13. The van der Waals surface area contributed by atoms with Crippen molar-refractivity contribution < 1.29 is 13.2 Å². The Morgan fingerprint density at radius 3 is 2.60 bits per heavy atom. The van der Waals surface area contributed by atoms with E-state index in [-0.39, 0.29) is 10.8 Å². The fourth-order valence-electron chi connectivity index (χ4n) is 2.21. The first-order chi connectivity index (χ1) is 9.25. The van der Waals surface area contributed by atoms with Crippen LogP contribution >= 0.6 is 0 Å². The molecule has 0 aromatic heterocycles. The number of hydrogen-bond donors (Lipinski definition) is 1. The number of nitrogens with zero attached hydrogens (tertiary/aromatic N) is 2. The standard InChI is InChI=1S/C13H19N3O3S/c1-9(14)13(17)16-7-6-10-4-5-11(8-12(10)16)20(18,19)15(2)3/h4-5,8-9H,6-7,14H2,1-3H3/t9-/m1/s1. The molecule has 1 aliphatic rings. The minimum atomic E-state index is -3.50. The van der Waals surface area contributed by atoms with Gasteiger partial charge < -0.3 is 10.6 Å². The number of benzene rings is 1. The zero-order valence-corrected chi connectivity index (χ0v) is 12.6. The summed E-state index contributed by atoms with van der Waals surface area (Å²) in [5.74, 6) is -0.192. The molecule has 0 fully saturated rings. The monoisotopic (exact) mass is 297 g/mol. The van der Waals surface area contributed by atoms with Crippen molar-refractivity contribution in [3.05, 3.63) is 23.8 Å². The van der Waals surface area contributed by atoms with Gasteiger partial charge in [-0.25, -0.2) is 12.7 Å². The maximum Gasteiger partial charge on any atom is 0.243 e. The maximum atomic E-state index is 12.1. The predicted octanol–water partition coefficient (Wildman–Crippen LogP) is 0.173. The molecule has 1 aliphatic heterocycles. The van der Waals surface area contributed by atoms with Gasteiger partial charge in [0.1, 0.15) is 0 Å². The number of rotatable bonds is 3. The molecule has 0 saturated heterocycles. The topological polar surface area (TPSA) is 83.7 Å². The molecule has 1 amide bonds. The molecule has 2 N–H and O–H groups in total. The van der Waals surface area contributed by atoms with Gasteiger partial charge in [0.2, 0.25) is 15.9 Å². The van der Waals surface area contributed by atoms with E-state index >= 15 is 0 Å². The van der Waals surface area contributed by atoms with E-state index in [0.717, 1.165) is 16.3 Å². The van der Waals surface area contributed by atoms with Crippen LogP contribution in [0, 0.1) is 0 Å². The summed E-state index contributed by atoms with van der Waals surface area (Å²) in [6, 6.07) is 4.29. The van der Waals surface area contributed by atoms with Crippen LogP contribution < -0.4 is 10.6 Å². The van der Waals surface area contributed by atoms with Crippen LogP contribution in [0.4, 0.5) is 5.69 Å². The molecule has 0 aliphatic carbocycles. The molecule has 0 bridgehead atoms. The highest BCUT2D eigenvalue weighted by Crippen LogP contribution is 2.31. The van der Waals surface area contributed by atoms with Gasteiger partial charge >= 0.3 is 0 Å². The number of sulfonamides is 1. The van der Waals surface area contributed by atoms with Crippen LogP contribution in [-0.4, -0.2) is 45.3 Å². The number of hydrogen-bond acceptors (Lipinski definition) is 4. The summed E-state index contributed by atoms with van der Waals surface area (Å²) < 4.78 is 25.4.